The van der Waals surface area contributed by atoms with Crippen LogP contribution < -0.4 is 0 Å². The van der Waals surface area contributed by atoms with E-state index in [0.29, 0.717) is 17.7 Å². The minimum absolute atomic E-state index is 0.0823. The van der Waals surface area contributed by atoms with Crippen molar-refractivity contribution in [3.8, 4) is 0 Å². The Morgan fingerprint density at radius 2 is 1.71 bits per heavy atom. The summed E-state index contributed by atoms with van der Waals surface area (Å²) in [5.41, 5.74) is 1.48. The number of carbonyl (C=O) groups is 1. The largest absolute Gasteiger partial charge is 0.348 e. The van der Waals surface area contributed by atoms with Gasteiger partial charge in [0.25, 0.3) is 0 Å². The molecular weight excluding hydrogens is 379 g/mol. The van der Waals surface area contributed by atoms with Crippen molar-refractivity contribution < 1.29 is 17.6 Å². The lowest BCUT2D eigenvalue weighted by Crippen LogP contribution is -2.42. The number of nitrogens with zero attached hydrogens (tertiary/aromatic N) is 2. The number of carbonyl (C=O) groups excluding carboxylic acids is 1. The molecule has 0 saturated carbocycles. The fourth-order valence-corrected chi connectivity index (χ4v) is 5.20. The van der Waals surface area contributed by atoms with Crippen molar-refractivity contribution in [2.45, 2.75) is 24.4 Å². The van der Waals surface area contributed by atoms with Gasteiger partial charge in [-0.05, 0) is 37.3 Å². The number of sulfonamides is 1. The third-order valence-electron chi connectivity index (χ3n) is 5.06. The second-order valence-electron chi connectivity index (χ2n) is 6.75. The van der Waals surface area contributed by atoms with Crippen molar-refractivity contribution in [2.24, 2.45) is 0 Å². The van der Waals surface area contributed by atoms with E-state index < -0.39 is 21.9 Å². The third-order valence-corrected chi connectivity index (χ3v) is 6.94. The van der Waals surface area contributed by atoms with Crippen LogP contribution in [0.1, 0.15) is 34.6 Å². The highest BCUT2D eigenvalue weighted by Gasteiger charge is 2.38. The van der Waals surface area contributed by atoms with Gasteiger partial charge >= 0.3 is 0 Å². The lowest BCUT2D eigenvalue weighted by atomic mass is 10.0. The number of ketones is 1. The average Bonchev–Trinajstić information content (AvgIpc) is 3.16. The van der Waals surface area contributed by atoms with Crippen LogP contribution in [0.3, 0.4) is 0 Å². The van der Waals surface area contributed by atoms with Crippen LogP contribution in [0.15, 0.2) is 71.8 Å². The Balaban J connectivity index is 1.83. The fourth-order valence-electron chi connectivity index (χ4n) is 3.63. The Hall–Kier alpha value is -2.77. The molecule has 0 unspecified atom stereocenters. The van der Waals surface area contributed by atoms with E-state index in [4.69, 9.17) is 0 Å². The molecule has 0 N–H and O–H groups in total. The van der Waals surface area contributed by atoms with E-state index in [1.807, 2.05) is 22.9 Å². The summed E-state index contributed by atoms with van der Waals surface area (Å²) in [5, 5.41) is 0. The first kappa shape index (κ1) is 18.6. The number of benzene rings is 2. The molecule has 2 heterocycles. The van der Waals surface area contributed by atoms with Gasteiger partial charge in [0, 0.05) is 36.1 Å². The summed E-state index contributed by atoms with van der Waals surface area (Å²) in [4.78, 5) is 11.6. The van der Waals surface area contributed by atoms with E-state index in [1.54, 1.807) is 18.2 Å². The molecule has 2 aromatic carbocycles. The quantitative estimate of drug-likeness (QED) is 0.631. The molecule has 0 saturated heterocycles. The molecule has 0 aliphatic carbocycles. The van der Waals surface area contributed by atoms with Gasteiger partial charge in [-0.25, -0.2) is 12.8 Å². The topological polar surface area (TPSA) is 59.4 Å². The summed E-state index contributed by atoms with van der Waals surface area (Å²) in [7, 11) is -3.90. The fraction of sp³-hybridized carbons (Fsp3) is 0.190. The molecule has 5 nitrogen and oxygen atoms in total. The van der Waals surface area contributed by atoms with Crippen molar-refractivity contribution in [3.05, 3.63) is 89.5 Å². The van der Waals surface area contributed by atoms with Gasteiger partial charge in [0.1, 0.15) is 5.82 Å². The van der Waals surface area contributed by atoms with Crippen LogP contribution in [0.25, 0.3) is 0 Å². The maximum absolute atomic E-state index is 14.6. The summed E-state index contributed by atoms with van der Waals surface area (Å²) >= 11 is 0. The van der Waals surface area contributed by atoms with Crippen molar-refractivity contribution in [3.63, 3.8) is 0 Å². The van der Waals surface area contributed by atoms with Gasteiger partial charge in [-0.3, -0.25) is 4.79 Å². The molecule has 0 spiro atoms. The van der Waals surface area contributed by atoms with Crippen LogP contribution in [-0.2, 0) is 16.6 Å². The highest BCUT2D eigenvalue weighted by molar-refractivity contribution is 7.89. The minimum Gasteiger partial charge on any atom is -0.348 e. The first-order chi connectivity index (χ1) is 13.4. The number of aromatic nitrogens is 1. The molecule has 1 aliphatic rings. The highest BCUT2D eigenvalue weighted by atomic mass is 32.2. The van der Waals surface area contributed by atoms with Crippen molar-refractivity contribution in [2.75, 3.05) is 6.54 Å². The molecule has 1 atom stereocenters. The predicted molar refractivity (Wildman–Crippen MR) is 103 cm³/mol. The molecule has 4 rings (SSSR count). The Morgan fingerprint density at radius 3 is 2.39 bits per heavy atom. The zero-order chi connectivity index (χ0) is 19.9. The van der Waals surface area contributed by atoms with E-state index in [-0.39, 0.29) is 17.2 Å². The molecule has 1 aromatic heterocycles. The number of halogens is 1. The van der Waals surface area contributed by atoms with Crippen LogP contribution in [0.5, 0.6) is 0 Å². The number of fused-ring (bicyclic) bond motifs is 1. The van der Waals surface area contributed by atoms with Gasteiger partial charge in [0.2, 0.25) is 10.0 Å². The lowest BCUT2D eigenvalue weighted by molar-refractivity contribution is 0.101. The number of hydrogen-bond donors (Lipinski definition) is 0. The van der Waals surface area contributed by atoms with Gasteiger partial charge in [-0.1, -0.05) is 30.3 Å². The summed E-state index contributed by atoms with van der Waals surface area (Å²) in [5.74, 6) is -0.585. The monoisotopic (exact) mass is 398 g/mol. The molecule has 3 aromatic rings. The molecular formula is C21H19FN2O3S. The molecule has 0 fully saturated rings. The standard InChI is InChI=1S/C21H19FN2O3S/c1-15(25)16-8-10-17(11-9-16)28(26,27)24-14-13-23-12-4-7-20(23)21(24)18-5-2-3-6-19(18)22/h2-12,21H,13-14H2,1H3/t21-/m1/s1. The van der Waals surface area contributed by atoms with Gasteiger partial charge in [0.15, 0.2) is 5.78 Å². The summed E-state index contributed by atoms with van der Waals surface area (Å²) in [6, 6.07) is 15.0. The molecule has 0 bridgehead atoms. The summed E-state index contributed by atoms with van der Waals surface area (Å²) in [6.45, 7) is 2.13. The Morgan fingerprint density at radius 1 is 1.00 bits per heavy atom. The smallest absolute Gasteiger partial charge is 0.244 e. The van der Waals surface area contributed by atoms with Crippen LogP contribution in [-0.4, -0.2) is 29.6 Å². The van der Waals surface area contributed by atoms with E-state index in [1.165, 1.54) is 41.6 Å². The number of hydrogen-bond acceptors (Lipinski definition) is 3. The van der Waals surface area contributed by atoms with Crippen molar-refractivity contribution in [1.82, 2.24) is 8.87 Å². The van der Waals surface area contributed by atoms with Crippen LogP contribution in [0.2, 0.25) is 0 Å². The Labute approximate surface area is 163 Å². The molecule has 0 amide bonds. The molecule has 7 heteroatoms. The molecule has 28 heavy (non-hydrogen) atoms. The first-order valence-electron chi connectivity index (χ1n) is 8.92. The Kier molecular flexibility index (Phi) is 4.64. The Bertz CT molecular complexity index is 1140. The first-order valence-corrected chi connectivity index (χ1v) is 10.4. The second kappa shape index (κ2) is 7.00. The lowest BCUT2D eigenvalue weighted by Gasteiger charge is -2.36. The average molecular weight is 398 g/mol. The van der Waals surface area contributed by atoms with Crippen LogP contribution >= 0.6 is 0 Å². The second-order valence-corrected chi connectivity index (χ2v) is 8.64. The molecule has 0 radical (unpaired) electrons. The summed E-state index contributed by atoms with van der Waals surface area (Å²) < 4.78 is 44.7. The maximum Gasteiger partial charge on any atom is 0.244 e. The minimum atomic E-state index is -3.90. The van der Waals surface area contributed by atoms with Gasteiger partial charge in [0.05, 0.1) is 10.9 Å². The van der Waals surface area contributed by atoms with Crippen molar-refractivity contribution >= 4 is 15.8 Å². The normalized spacial score (nSPS) is 17.3. The van der Waals surface area contributed by atoms with Crippen LogP contribution in [0, 0.1) is 5.82 Å². The number of Topliss-reactive ketones (excluding diaryl/α,β-unsaturated/α-hetero) is 1. The van der Waals surface area contributed by atoms with E-state index in [9.17, 15) is 17.6 Å². The molecule has 144 valence electrons. The van der Waals surface area contributed by atoms with Gasteiger partial charge in [-0.15, -0.1) is 0 Å². The third kappa shape index (κ3) is 3.06. The summed E-state index contributed by atoms with van der Waals surface area (Å²) in [6.07, 6.45) is 1.87. The predicted octanol–water partition coefficient (Wildman–Crippen LogP) is 3.62. The van der Waals surface area contributed by atoms with Gasteiger partial charge < -0.3 is 4.57 Å². The zero-order valence-electron chi connectivity index (χ0n) is 15.2. The van der Waals surface area contributed by atoms with E-state index in [0.717, 1.165) is 5.69 Å². The SMILES string of the molecule is CC(=O)c1ccc(S(=O)(=O)N2CCn3cccc3[C@H]2c2ccccc2F)cc1. The highest BCUT2D eigenvalue weighted by Crippen LogP contribution is 2.37. The van der Waals surface area contributed by atoms with E-state index >= 15 is 0 Å². The zero-order valence-corrected chi connectivity index (χ0v) is 16.1. The molecule has 1 aliphatic heterocycles. The number of rotatable bonds is 4. The van der Waals surface area contributed by atoms with Crippen molar-refractivity contribution in [1.29, 1.82) is 0 Å². The maximum atomic E-state index is 14.6. The van der Waals surface area contributed by atoms with Crippen LogP contribution in [0.4, 0.5) is 4.39 Å². The van der Waals surface area contributed by atoms with E-state index in [2.05, 4.69) is 0 Å². The van der Waals surface area contributed by atoms with Gasteiger partial charge in [-0.2, -0.15) is 4.31 Å².